The summed E-state index contributed by atoms with van der Waals surface area (Å²) in [5, 5.41) is 9.69. The smallest absolute Gasteiger partial charge is 0.426 e. The van der Waals surface area contributed by atoms with Gasteiger partial charge in [0.2, 0.25) is 6.10 Å². The minimum Gasteiger partial charge on any atom is -0.508 e. The number of carbonyl (C=O) groups is 1. The van der Waals surface area contributed by atoms with E-state index in [0.29, 0.717) is 5.46 Å². The number of ether oxygens (including phenoxy) is 1. The van der Waals surface area contributed by atoms with Crippen molar-refractivity contribution in [1.29, 1.82) is 0 Å². The number of halogens is 3. The van der Waals surface area contributed by atoms with E-state index in [0.717, 1.165) is 6.07 Å². The minimum atomic E-state index is -5.19. The lowest BCUT2D eigenvalue weighted by atomic mass is 9.84. The molecule has 0 amide bonds. The van der Waals surface area contributed by atoms with Gasteiger partial charge in [-0.05, 0) is 5.46 Å². The highest BCUT2D eigenvalue weighted by Gasteiger charge is 2.45. The first-order valence-electron chi connectivity index (χ1n) is 5.84. The molecule has 0 radical (unpaired) electrons. The van der Waals surface area contributed by atoms with Gasteiger partial charge in [0, 0.05) is 0 Å². The Hall–Kier alpha value is -1.68. The van der Waals surface area contributed by atoms with Crippen LogP contribution >= 0.6 is 0 Å². The number of carbonyl (C=O) groups excluding carboxylic acids is 1. The normalized spacial score (nSPS) is 13.6. The van der Waals surface area contributed by atoms with Crippen molar-refractivity contribution in [2.45, 2.75) is 12.3 Å². The molecule has 0 aliphatic heterocycles. The Kier molecular flexibility index (Phi) is 5.18. The summed E-state index contributed by atoms with van der Waals surface area (Å²) in [6.45, 7) is 0. The summed E-state index contributed by atoms with van der Waals surface area (Å²) < 4.78 is 71.8. The number of phenols is 1. The standard InChI is InChI=1S/C10H11B2F3O6S/c11-4-1-5(8(16)6(12)2-4)9(17)21-7(10(13,14)15)3-22(18,19)20/h1-2,7,16H,3,11-12H2,(H,18,19,20). The summed E-state index contributed by atoms with van der Waals surface area (Å²) in [4.78, 5) is 11.8. The van der Waals surface area contributed by atoms with Crippen molar-refractivity contribution in [2.75, 3.05) is 5.75 Å². The lowest BCUT2D eigenvalue weighted by molar-refractivity contribution is -0.197. The molecule has 0 spiro atoms. The Balaban J connectivity index is 3.12. The monoisotopic (exact) mass is 338 g/mol. The Labute approximate surface area is 125 Å². The zero-order valence-corrected chi connectivity index (χ0v) is 12.3. The Morgan fingerprint density at radius 3 is 2.32 bits per heavy atom. The maximum Gasteiger partial charge on any atom is 0.426 e. The van der Waals surface area contributed by atoms with Gasteiger partial charge in [0.15, 0.2) is 0 Å². The molecule has 0 fully saturated rings. The third kappa shape index (κ3) is 4.95. The molecular formula is C10H11B2F3O6S. The topological polar surface area (TPSA) is 101 Å². The molecule has 120 valence electrons. The van der Waals surface area contributed by atoms with Crippen LogP contribution in [-0.4, -0.2) is 57.8 Å². The molecule has 1 unspecified atom stereocenters. The molecule has 1 atom stereocenters. The van der Waals surface area contributed by atoms with Crippen LogP contribution in [0.2, 0.25) is 0 Å². The van der Waals surface area contributed by atoms with Crippen LogP contribution in [0, 0.1) is 0 Å². The number of alkyl halides is 3. The van der Waals surface area contributed by atoms with Crippen LogP contribution in [0.3, 0.4) is 0 Å². The first kappa shape index (κ1) is 18.4. The molecule has 0 aliphatic rings. The van der Waals surface area contributed by atoms with Gasteiger partial charge in [-0.1, -0.05) is 17.6 Å². The summed E-state index contributed by atoms with van der Waals surface area (Å²) in [5.74, 6) is -3.94. The van der Waals surface area contributed by atoms with E-state index in [1.807, 2.05) is 0 Å². The predicted octanol–water partition coefficient (Wildman–Crippen LogP) is -2.12. The van der Waals surface area contributed by atoms with Crippen LogP contribution in [0.4, 0.5) is 13.2 Å². The number of benzene rings is 1. The van der Waals surface area contributed by atoms with Gasteiger partial charge in [-0.3, -0.25) is 4.55 Å². The van der Waals surface area contributed by atoms with Crippen molar-refractivity contribution >= 4 is 42.7 Å². The van der Waals surface area contributed by atoms with Crippen molar-refractivity contribution in [3.05, 3.63) is 17.7 Å². The highest BCUT2D eigenvalue weighted by atomic mass is 32.2. The van der Waals surface area contributed by atoms with Gasteiger partial charge in [-0.2, -0.15) is 21.6 Å². The second-order valence-electron chi connectivity index (χ2n) is 4.66. The molecule has 0 aliphatic carbocycles. The van der Waals surface area contributed by atoms with E-state index < -0.39 is 45.4 Å². The zero-order valence-electron chi connectivity index (χ0n) is 11.5. The maximum absolute atomic E-state index is 12.7. The minimum absolute atomic E-state index is 0.241. The second-order valence-corrected chi connectivity index (χ2v) is 6.16. The van der Waals surface area contributed by atoms with Gasteiger partial charge in [0.25, 0.3) is 10.1 Å². The highest BCUT2D eigenvalue weighted by Crippen LogP contribution is 2.26. The molecule has 0 aromatic heterocycles. The van der Waals surface area contributed by atoms with Crippen LogP contribution in [-0.2, 0) is 14.9 Å². The fourth-order valence-corrected chi connectivity index (χ4v) is 2.33. The van der Waals surface area contributed by atoms with Crippen molar-refractivity contribution in [2.24, 2.45) is 0 Å². The SMILES string of the molecule is Bc1cc(B)c(O)c(C(=O)OC(CS(=O)(=O)O)C(F)(F)F)c1. The van der Waals surface area contributed by atoms with Crippen molar-refractivity contribution in [3.8, 4) is 5.75 Å². The van der Waals surface area contributed by atoms with Crippen LogP contribution in [0.1, 0.15) is 10.4 Å². The highest BCUT2D eigenvalue weighted by molar-refractivity contribution is 7.85. The lowest BCUT2D eigenvalue weighted by Crippen LogP contribution is -2.39. The van der Waals surface area contributed by atoms with Gasteiger partial charge in [-0.15, -0.1) is 0 Å². The summed E-state index contributed by atoms with van der Waals surface area (Å²) >= 11 is 0. The summed E-state index contributed by atoms with van der Waals surface area (Å²) in [6.07, 6.45) is -8.24. The van der Waals surface area contributed by atoms with Crippen molar-refractivity contribution in [3.63, 3.8) is 0 Å². The van der Waals surface area contributed by atoms with Crippen LogP contribution < -0.4 is 10.9 Å². The number of aromatic hydroxyl groups is 1. The van der Waals surface area contributed by atoms with Crippen molar-refractivity contribution in [1.82, 2.24) is 0 Å². The van der Waals surface area contributed by atoms with E-state index in [-0.39, 0.29) is 5.46 Å². The number of esters is 1. The molecule has 6 nitrogen and oxygen atoms in total. The van der Waals surface area contributed by atoms with Gasteiger partial charge in [-0.25, -0.2) is 4.79 Å². The predicted molar refractivity (Wildman–Crippen MR) is 76.1 cm³/mol. The average molecular weight is 338 g/mol. The zero-order chi connectivity index (χ0) is 17.3. The molecule has 0 heterocycles. The first-order chi connectivity index (χ1) is 9.81. The average Bonchev–Trinajstić information content (AvgIpc) is 2.29. The molecule has 1 aromatic carbocycles. The van der Waals surface area contributed by atoms with Gasteiger partial charge in [0.05, 0.1) is 0 Å². The third-order valence-corrected chi connectivity index (χ3v) is 3.37. The van der Waals surface area contributed by atoms with E-state index in [9.17, 15) is 31.5 Å². The maximum atomic E-state index is 12.7. The van der Waals surface area contributed by atoms with Crippen LogP contribution in [0.15, 0.2) is 12.1 Å². The number of hydrogen-bond acceptors (Lipinski definition) is 5. The molecule has 0 saturated carbocycles. The Bertz CT molecular complexity index is 689. The third-order valence-electron chi connectivity index (χ3n) is 2.64. The summed E-state index contributed by atoms with van der Waals surface area (Å²) in [6, 6.07) is 2.59. The molecule has 1 rings (SSSR count). The largest absolute Gasteiger partial charge is 0.508 e. The summed E-state index contributed by atoms with van der Waals surface area (Å²) in [5.41, 5.74) is 0.202. The molecule has 1 aromatic rings. The number of phenolic OH excluding ortho intramolecular Hbond substituents is 1. The van der Waals surface area contributed by atoms with Gasteiger partial charge in [0.1, 0.15) is 32.8 Å². The van der Waals surface area contributed by atoms with E-state index in [4.69, 9.17) is 4.55 Å². The molecule has 0 bridgehead atoms. The fourth-order valence-electron chi connectivity index (χ4n) is 1.69. The number of rotatable bonds is 4. The van der Waals surface area contributed by atoms with E-state index >= 15 is 0 Å². The molecule has 0 saturated heterocycles. The number of hydrogen-bond donors (Lipinski definition) is 2. The van der Waals surface area contributed by atoms with Crippen LogP contribution in [0.5, 0.6) is 5.75 Å². The first-order valence-corrected chi connectivity index (χ1v) is 7.45. The quantitative estimate of drug-likeness (QED) is 0.370. The summed E-state index contributed by atoms with van der Waals surface area (Å²) in [7, 11) is -2.05. The van der Waals surface area contributed by atoms with Gasteiger partial charge >= 0.3 is 12.1 Å². The molecule has 22 heavy (non-hydrogen) atoms. The fraction of sp³-hybridized carbons (Fsp3) is 0.300. The van der Waals surface area contributed by atoms with Crippen LogP contribution in [0.25, 0.3) is 0 Å². The Morgan fingerprint density at radius 1 is 1.32 bits per heavy atom. The lowest BCUT2D eigenvalue weighted by Gasteiger charge is -2.20. The van der Waals surface area contributed by atoms with E-state index in [1.54, 1.807) is 7.85 Å². The van der Waals surface area contributed by atoms with E-state index in [2.05, 4.69) is 4.74 Å². The van der Waals surface area contributed by atoms with E-state index in [1.165, 1.54) is 13.9 Å². The molecule has 2 N–H and O–H groups in total. The molecular weight excluding hydrogens is 327 g/mol. The second kappa shape index (κ2) is 6.21. The van der Waals surface area contributed by atoms with Crippen molar-refractivity contribution < 1.29 is 40.8 Å². The van der Waals surface area contributed by atoms with Gasteiger partial charge < -0.3 is 9.84 Å². The Morgan fingerprint density at radius 2 is 1.86 bits per heavy atom. The molecule has 12 heteroatoms.